The first kappa shape index (κ1) is 17.2. The quantitative estimate of drug-likeness (QED) is 0.398. The Bertz CT molecular complexity index is 561. The first-order valence-electron chi connectivity index (χ1n) is 8.78. The van der Waals surface area contributed by atoms with Crippen LogP contribution in [0, 0.1) is 0 Å². The largest absolute Gasteiger partial charge is 0.373 e. The van der Waals surface area contributed by atoms with Crippen molar-refractivity contribution in [3.63, 3.8) is 0 Å². The average Bonchev–Trinajstić information content (AvgIpc) is 3.32. The number of ether oxygens (including phenoxy) is 1. The zero-order valence-corrected chi connectivity index (χ0v) is 14.9. The topological polar surface area (TPSA) is 74.8 Å². The van der Waals surface area contributed by atoms with Crippen LogP contribution in [0.15, 0.2) is 22.5 Å². The van der Waals surface area contributed by atoms with Crippen LogP contribution >= 0.6 is 11.3 Å². The second kappa shape index (κ2) is 8.48. The van der Waals surface area contributed by atoms with Crippen molar-refractivity contribution in [3.05, 3.63) is 22.4 Å². The molecule has 0 aliphatic carbocycles. The molecular formula is C17H26N4O2S. The van der Waals surface area contributed by atoms with Crippen LogP contribution in [0.1, 0.15) is 42.3 Å². The van der Waals surface area contributed by atoms with E-state index in [1.165, 1.54) is 17.8 Å². The highest BCUT2D eigenvalue weighted by Crippen LogP contribution is 2.34. The Labute approximate surface area is 147 Å². The summed E-state index contributed by atoms with van der Waals surface area (Å²) in [6.07, 6.45) is 5.01. The Morgan fingerprint density at radius 2 is 2.33 bits per heavy atom. The predicted molar refractivity (Wildman–Crippen MR) is 96.7 cm³/mol. The van der Waals surface area contributed by atoms with Crippen molar-refractivity contribution in [1.29, 1.82) is 0 Å². The first-order chi connectivity index (χ1) is 11.8. The van der Waals surface area contributed by atoms with E-state index in [0.717, 1.165) is 36.6 Å². The molecule has 2 aliphatic heterocycles. The van der Waals surface area contributed by atoms with Crippen molar-refractivity contribution in [1.82, 2.24) is 16.0 Å². The van der Waals surface area contributed by atoms with Crippen LogP contribution in [0.5, 0.6) is 0 Å². The minimum Gasteiger partial charge on any atom is -0.373 e. The SMILES string of the molecule is CCNC(=NCCCNC(=O)c1cccs1)NC1CC2CCC1O2. The highest BCUT2D eigenvalue weighted by Gasteiger charge is 2.41. The van der Waals surface area contributed by atoms with Gasteiger partial charge >= 0.3 is 0 Å². The highest BCUT2D eigenvalue weighted by atomic mass is 32.1. The molecule has 2 fully saturated rings. The van der Waals surface area contributed by atoms with E-state index in [0.29, 0.717) is 31.3 Å². The Kier molecular flexibility index (Phi) is 6.09. The Hall–Kier alpha value is -1.60. The molecule has 2 bridgehead atoms. The molecule has 3 N–H and O–H groups in total. The number of nitrogens with one attached hydrogen (secondary N) is 3. The normalized spacial score (nSPS) is 25.7. The van der Waals surface area contributed by atoms with Crippen LogP contribution < -0.4 is 16.0 Å². The lowest BCUT2D eigenvalue weighted by Crippen LogP contribution is -2.47. The molecule has 7 heteroatoms. The fraction of sp³-hybridized carbons (Fsp3) is 0.647. The number of rotatable bonds is 7. The summed E-state index contributed by atoms with van der Waals surface area (Å²) in [6, 6.07) is 4.10. The third-order valence-electron chi connectivity index (χ3n) is 4.41. The number of carbonyl (C=O) groups is 1. The third-order valence-corrected chi connectivity index (χ3v) is 5.28. The molecular weight excluding hydrogens is 324 g/mol. The summed E-state index contributed by atoms with van der Waals surface area (Å²) in [5.41, 5.74) is 0. The standard InChI is InChI=1S/C17H26N4O2S/c1-2-18-17(21-13-11-12-6-7-14(13)23-12)20-9-4-8-19-16(22)15-5-3-10-24-15/h3,5,10,12-14H,2,4,6-9,11H2,1H3,(H,19,22)(H2,18,20,21). The third kappa shape index (κ3) is 4.48. The lowest BCUT2D eigenvalue weighted by atomic mass is 9.96. The molecule has 0 spiro atoms. The number of nitrogens with zero attached hydrogens (tertiary/aromatic N) is 1. The maximum absolute atomic E-state index is 11.8. The smallest absolute Gasteiger partial charge is 0.261 e. The highest BCUT2D eigenvalue weighted by molar-refractivity contribution is 7.12. The summed E-state index contributed by atoms with van der Waals surface area (Å²) < 4.78 is 5.88. The molecule has 3 rings (SSSR count). The number of guanidine groups is 1. The molecule has 2 saturated heterocycles. The van der Waals surface area contributed by atoms with Gasteiger partial charge in [-0.1, -0.05) is 6.07 Å². The predicted octanol–water partition coefficient (Wildman–Crippen LogP) is 1.74. The Morgan fingerprint density at radius 1 is 1.42 bits per heavy atom. The van der Waals surface area contributed by atoms with Gasteiger partial charge in [0.25, 0.3) is 5.91 Å². The van der Waals surface area contributed by atoms with Gasteiger partial charge in [0.2, 0.25) is 0 Å². The lowest BCUT2D eigenvalue weighted by molar-refractivity contribution is 0.0957. The monoisotopic (exact) mass is 350 g/mol. The molecule has 0 radical (unpaired) electrons. The molecule has 24 heavy (non-hydrogen) atoms. The van der Waals surface area contributed by atoms with Crippen molar-refractivity contribution < 1.29 is 9.53 Å². The summed E-state index contributed by atoms with van der Waals surface area (Å²) in [4.78, 5) is 17.2. The number of amides is 1. The van der Waals surface area contributed by atoms with Gasteiger partial charge in [-0.05, 0) is 44.1 Å². The van der Waals surface area contributed by atoms with Crippen molar-refractivity contribution in [2.75, 3.05) is 19.6 Å². The number of carbonyl (C=O) groups excluding carboxylic acids is 1. The molecule has 3 unspecified atom stereocenters. The molecule has 1 amide bonds. The summed E-state index contributed by atoms with van der Waals surface area (Å²) in [5, 5.41) is 11.6. The van der Waals surface area contributed by atoms with Gasteiger partial charge in [-0.15, -0.1) is 11.3 Å². The van der Waals surface area contributed by atoms with E-state index in [4.69, 9.17) is 4.74 Å². The van der Waals surface area contributed by atoms with E-state index in [-0.39, 0.29) is 5.91 Å². The van der Waals surface area contributed by atoms with E-state index >= 15 is 0 Å². The van der Waals surface area contributed by atoms with Crippen LogP contribution in [0.3, 0.4) is 0 Å². The van der Waals surface area contributed by atoms with Gasteiger partial charge in [-0.2, -0.15) is 0 Å². The second-order valence-corrected chi connectivity index (χ2v) is 7.16. The van der Waals surface area contributed by atoms with Crippen molar-refractivity contribution in [2.24, 2.45) is 4.99 Å². The van der Waals surface area contributed by atoms with E-state index in [1.807, 2.05) is 17.5 Å². The maximum atomic E-state index is 11.8. The summed E-state index contributed by atoms with van der Waals surface area (Å²) in [6.45, 7) is 4.22. The second-order valence-electron chi connectivity index (χ2n) is 6.21. The molecule has 1 aromatic heterocycles. The van der Waals surface area contributed by atoms with Crippen LogP contribution in [-0.4, -0.2) is 49.8 Å². The number of hydrogen-bond acceptors (Lipinski definition) is 4. The molecule has 132 valence electrons. The van der Waals surface area contributed by atoms with Gasteiger partial charge in [0.05, 0.1) is 23.1 Å². The van der Waals surface area contributed by atoms with E-state index in [2.05, 4.69) is 27.9 Å². The van der Waals surface area contributed by atoms with Gasteiger partial charge in [0.15, 0.2) is 5.96 Å². The fourth-order valence-electron chi connectivity index (χ4n) is 3.25. The Morgan fingerprint density at radius 3 is 3.00 bits per heavy atom. The number of thiophene rings is 1. The molecule has 2 aliphatic rings. The number of aliphatic imine (C=N–C) groups is 1. The molecule has 6 nitrogen and oxygen atoms in total. The summed E-state index contributed by atoms with van der Waals surface area (Å²) in [7, 11) is 0. The van der Waals surface area contributed by atoms with Crippen LogP contribution in [-0.2, 0) is 4.74 Å². The van der Waals surface area contributed by atoms with Crippen molar-refractivity contribution in [2.45, 2.75) is 50.9 Å². The zero-order chi connectivity index (χ0) is 16.8. The van der Waals surface area contributed by atoms with Crippen LogP contribution in [0.2, 0.25) is 0 Å². The molecule has 3 heterocycles. The van der Waals surface area contributed by atoms with Gasteiger partial charge in [0, 0.05) is 19.6 Å². The molecule has 1 aromatic rings. The van der Waals surface area contributed by atoms with Crippen molar-refractivity contribution >= 4 is 23.2 Å². The Balaban J connectivity index is 1.38. The van der Waals surface area contributed by atoms with Gasteiger partial charge in [-0.25, -0.2) is 0 Å². The van der Waals surface area contributed by atoms with Crippen LogP contribution in [0.4, 0.5) is 0 Å². The molecule has 3 atom stereocenters. The maximum Gasteiger partial charge on any atom is 0.261 e. The number of hydrogen-bond donors (Lipinski definition) is 3. The molecule has 0 aromatic carbocycles. The van der Waals surface area contributed by atoms with E-state index < -0.39 is 0 Å². The van der Waals surface area contributed by atoms with E-state index in [1.54, 1.807) is 0 Å². The van der Waals surface area contributed by atoms with Gasteiger partial charge in [0.1, 0.15) is 0 Å². The van der Waals surface area contributed by atoms with E-state index in [9.17, 15) is 4.79 Å². The van der Waals surface area contributed by atoms with Gasteiger partial charge in [-0.3, -0.25) is 9.79 Å². The zero-order valence-electron chi connectivity index (χ0n) is 14.1. The number of fused-ring (bicyclic) bond motifs is 2. The summed E-state index contributed by atoms with van der Waals surface area (Å²) in [5.74, 6) is 0.848. The van der Waals surface area contributed by atoms with Gasteiger partial charge < -0.3 is 20.7 Å². The lowest BCUT2D eigenvalue weighted by Gasteiger charge is -2.22. The van der Waals surface area contributed by atoms with Crippen LogP contribution in [0.25, 0.3) is 0 Å². The first-order valence-corrected chi connectivity index (χ1v) is 9.66. The average molecular weight is 350 g/mol. The minimum atomic E-state index is -0.00172. The summed E-state index contributed by atoms with van der Waals surface area (Å²) >= 11 is 1.46. The molecule has 0 saturated carbocycles. The van der Waals surface area contributed by atoms with Crippen molar-refractivity contribution in [3.8, 4) is 0 Å². The fourth-order valence-corrected chi connectivity index (χ4v) is 3.89. The minimum absolute atomic E-state index is 0.00172.